The summed E-state index contributed by atoms with van der Waals surface area (Å²) in [7, 11) is 0. The van der Waals surface area contributed by atoms with Gasteiger partial charge in [0, 0.05) is 12.6 Å². The van der Waals surface area contributed by atoms with E-state index in [-0.39, 0.29) is 12.6 Å². The first-order valence-corrected chi connectivity index (χ1v) is 6.22. The first-order chi connectivity index (χ1) is 8.40. The van der Waals surface area contributed by atoms with Crippen molar-refractivity contribution >= 4 is 5.97 Å². The molecule has 6 nitrogen and oxygen atoms in total. The third kappa shape index (κ3) is 4.44. The highest BCUT2D eigenvalue weighted by Gasteiger charge is 2.17. The zero-order chi connectivity index (χ0) is 13.7. The molecule has 6 heteroatoms. The van der Waals surface area contributed by atoms with E-state index in [1.165, 1.54) is 6.33 Å². The first kappa shape index (κ1) is 14.6. The van der Waals surface area contributed by atoms with Gasteiger partial charge in [-0.3, -0.25) is 9.69 Å². The molecule has 0 atom stereocenters. The maximum Gasteiger partial charge on any atom is 0.317 e. The van der Waals surface area contributed by atoms with Gasteiger partial charge in [0.15, 0.2) is 0 Å². The Balaban J connectivity index is 2.74. The van der Waals surface area contributed by atoms with Gasteiger partial charge in [-0.2, -0.15) is 5.10 Å². The summed E-state index contributed by atoms with van der Waals surface area (Å²) in [6.45, 7) is 9.52. The van der Waals surface area contributed by atoms with Crippen LogP contribution in [0.4, 0.5) is 0 Å². The van der Waals surface area contributed by atoms with Gasteiger partial charge in [-0.1, -0.05) is 13.8 Å². The Bertz CT molecular complexity index is 387. The SMILES string of the molecule is CC(C)Cn1ncnc1CN(CC(=O)O)C(C)C. The Kier molecular flexibility index (Phi) is 5.27. The Morgan fingerprint density at radius 2 is 2.11 bits per heavy atom. The molecule has 0 unspecified atom stereocenters. The molecule has 0 radical (unpaired) electrons. The van der Waals surface area contributed by atoms with E-state index in [9.17, 15) is 4.79 Å². The lowest BCUT2D eigenvalue weighted by Crippen LogP contribution is -2.36. The topological polar surface area (TPSA) is 71.2 Å². The van der Waals surface area contributed by atoms with Crippen LogP contribution in [0.1, 0.15) is 33.5 Å². The molecule has 1 aromatic heterocycles. The molecule has 0 saturated heterocycles. The molecule has 0 fully saturated rings. The number of carboxylic acids is 1. The molecule has 102 valence electrons. The van der Waals surface area contributed by atoms with E-state index in [1.54, 1.807) is 0 Å². The van der Waals surface area contributed by atoms with Crippen molar-refractivity contribution in [3.8, 4) is 0 Å². The van der Waals surface area contributed by atoms with Crippen LogP contribution in [-0.2, 0) is 17.9 Å². The van der Waals surface area contributed by atoms with Crippen LogP contribution in [0.15, 0.2) is 6.33 Å². The minimum absolute atomic E-state index is 0.0200. The lowest BCUT2D eigenvalue weighted by atomic mass is 10.2. The molecule has 1 aromatic rings. The van der Waals surface area contributed by atoms with Crippen molar-refractivity contribution in [2.75, 3.05) is 6.54 Å². The van der Waals surface area contributed by atoms with Crippen molar-refractivity contribution in [3.63, 3.8) is 0 Å². The van der Waals surface area contributed by atoms with E-state index in [0.717, 1.165) is 12.4 Å². The molecule has 1 rings (SSSR count). The largest absolute Gasteiger partial charge is 0.480 e. The predicted molar refractivity (Wildman–Crippen MR) is 68.0 cm³/mol. The van der Waals surface area contributed by atoms with Crippen LogP contribution in [0.3, 0.4) is 0 Å². The highest BCUT2D eigenvalue weighted by Crippen LogP contribution is 2.07. The number of nitrogens with zero attached hydrogens (tertiary/aromatic N) is 4. The van der Waals surface area contributed by atoms with Crippen molar-refractivity contribution in [1.29, 1.82) is 0 Å². The van der Waals surface area contributed by atoms with Crippen molar-refractivity contribution in [2.24, 2.45) is 5.92 Å². The Morgan fingerprint density at radius 3 is 2.61 bits per heavy atom. The molecular formula is C12H22N4O2. The standard InChI is InChI=1S/C12H22N4O2/c1-9(2)5-16-11(13-8-14-16)6-15(10(3)4)7-12(17)18/h8-10H,5-7H2,1-4H3,(H,17,18). The number of carboxylic acid groups (broad SMARTS) is 1. The normalized spacial score (nSPS) is 11.7. The zero-order valence-corrected chi connectivity index (χ0v) is 11.5. The Labute approximate surface area is 108 Å². The predicted octanol–water partition coefficient (Wildman–Crippen LogP) is 1.23. The second-order valence-corrected chi connectivity index (χ2v) is 5.14. The van der Waals surface area contributed by atoms with Gasteiger partial charge in [0.25, 0.3) is 0 Å². The van der Waals surface area contributed by atoms with E-state index < -0.39 is 5.97 Å². The summed E-state index contributed by atoms with van der Waals surface area (Å²) in [5.74, 6) is 0.481. The average molecular weight is 254 g/mol. The van der Waals surface area contributed by atoms with Crippen LogP contribution in [0.5, 0.6) is 0 Å². The van der Waals surface area contributed by atoms with Crippen LogP contribution >= 0.6 is 0 Å². The van der Waals surface area contributed by atoms with Crippen molar-refractivity contribution in [2.45, 2.75) is 46.8 Å². The van der Waals surface area contributed by atoms with Crippen molar-refractivity contribution in [1.82, 2.24) is 19.7 Å². The van der Waals surface area contributed by atoms with Crippen molar-refractivity contribution in [3.05, 3.63) is 12.2 Å². The minimum Gasteiger partial charge on any atom is -0.480 e. The van der Waals surface area contributed by atoms with E-state index in [1.807, 2.05) is 23.4 Å². The molecule has 0 aromatic carbocycles. The van der Waals surface area contributed by atoms with E-state index in [4.69, 9.17) is 5.11 Å². The molecule has 1 heterocycles. The van der Waals surface area contributed by atoms with Crippen LogP contribution in [0.25, 0.3) is 0 Å². The van der Waals surface area contributed by atoms with Gasteiger partial charge in [-0.25, -0.2) is 9.67 Å². The summed E-state index contributed by atoms with van der Waals surface area (Å²) in [6.07, 6.45) is 1.52. The second-order valence-electron chi connectivity index (χ2n) is 5.14. The summed E-state index contributed by atoms with van der Waals surface area (Å²) >= 11 is 0. The number of hydrogen-bond acceptors (Lipinski definition) is 4. The zero-order valence-electron chi connectivity index (χ0n) is 11.5. The Hall–Kier alpha value is -1.43. The number of hydrogen-bond donors (Lipinski definition) is 1. The molecular weight excluding hydrogens is 232 g/mol. The maximum atomic E-state index is 10.8. The van der Waals surface area contributed by atoms with Gasteiger partial charge in [0.05, 0.1) is 13.1 Å². The van der Waals surface area contributed by atoms with Gasteiger partial charge in [0.1, 0.15) is 12.2 Å². The molecule has 18 heavy (non-hydrogen) atoms. The fourth-order valence-electron chi connectivity index (χ4n) is 1.69. The second kappa shape index (κ2) is 6.49. The summed E-state index contributed by atoms with van der Waals surface area (Å²) in [5, 5.41) is 13.1. The fraction of sp³-hybridized carbons (Fsp3) is 0.750. The van der Waals surface area contributed by atoms with Gasteiger partial charge >= 0.3 is 5.97 Å². The highest BCUT2D eigenvalue weighted by atomic mass is 16.4. The van der Waals surface area contributed by atoms with E-state index in [2.05, 4.69) is 23.9 Å². The van der Waals surface area contributed by atoms with Crippen LogP contribution < -0.4 is 0 Å². The molecule has 0 spiro atoms. The fourth-order valence-corrected chi connectivity index (χ4v) is 1.69. The third-order valence-corrected chi connectivity index (χ3v) is 2.65. The van der Waals surface area contributed by atoms with Crippen LogP contribution in [0.2, 0.25) is 0 Å². The Morgan fingerprint density at radius 1 is 1.44 bits per heavy atom. The molecule has 0 aliphatic carbocycles. The van der Waals surface area contributed by atoms with Gasteiger partial charge < -0.3 is 5.11 Å². The molecule has 1 N–H and O–H groups in total. The molecule has 0 amide bonds. The van der Waals surface area contributed by atoms with Gasteiger partial charge in [-0.05, 0) is 19.8 Å². The quantitative estimate of drug-likeness (QED) is 0.792. The lowest BCUT2D eigenvalue weighted by molar-refractivity contribution is -0.139. The monoisotopic (exact) mass is 254 g/mol. The highest BCUT2D eigenvalue weighted by molar-refractivity contribution is 5.69. The summed E-state index contributed by atoms with van der Waals surface area (Å²) in [5.41, 5.74) is 0. The third-order valence-electron chi connectivity index (χ3n) is 2.65. The smallest absolute Gasteiger partial charge is 0.317 e. The summed E-state index contributed by atoms with van der Waals surface area (Å²) < 4.78 is 1.85. The molecule has 0 bridgehead atoms. The van der Waals surface area contributed by atoms with Crippen LogP contribution in [-0.4, -0.2) is 43.3 Å². The molecule has 0 aliphatic heterocycles. The number of carbonyl (C=O) groups is 1. The number of rotatable bonds is 7. The lowest BCUT2D eigenvalue weighted by Gasteiger charge is -2.24. The van der Waals surface area contributed by atoms with Gasteiger partial charge in [-0.15, -0.1) is 0 Å². The summed E-state index contributed by atoms with van der Waals surface area (Å²) in [6, 6.07) is 0.158. The van der Waals surface area contributed by atoms with Gasteiger partial charge in [0.2, 0.25) is 0 Å². The molecule has 0 aliphatic rings. The van der Waals surface area contributed by atoms with Crippen LogP contribution in [0, 0.1) is 5.92 Å². The minimum atomic E-state index is -0.821. The summed E-state index contributed by atoms with van der Waals surface area (Å²) in [4.78, 5) is 16.9. The average Bonchev–Trinajstić information content (AvgIpc) is 2.63. The van der Waals surface area contributed by atoms with E-state index in [0.29, 0.717) is 12.5 Å². The number of aliphatic carboxylic acids is 1. The maximum absolute atomic E-state index is 10.8. The van der Waals surface area contributed by atoms with E-state index >= 15 is 0 Å². The first-order valence-electron chi connectivity index (χ1n) is 6.22. The number of aromatic nitrogens is 3. The molecule has 0 saturated carbocycles. The van der Waals surface area contributed by atoms with Crippen molar-refractivity contribution < 1.29 is 9.90 Å².